The summed E-state index contributed by atoms with van der Waals surface area (Å²) < 4.78 is 5.74. The van der Waals surface area contributed by atoms with Crippen molar-refractivity contribution in [3.05, 3.63) is 59.7 Å². The summed E-state index contributed by atoms with van der Waals surface area (Å²) in [4.78, 5) is 27.4. The first-order valence-corrected chi connectivity index (χ1v) is 11.3. The molecule has 0 bridgehead atoms. The number of benzene rings is 1. The molecule has 176 valence electrons. The Morgan fingerprint density at radius 1 is 1.00 bits per heavy atom. The quantitative estimate of drug-likeness (QED) is 0.542. The molecule has 0 saturated carbocycles. The smallest absolute Gasteiger partial charge is 0.329 e. The first-order chi connectivity index (χ1) is 15.0. The molecule has 1 heterocycles. The first-order valence-electron chi connectivity index (χ1n) is 11.3. The molecule has 0 radical (unpaired) electrons. The number of hydrogen-bond acceptors (Lipinski definition) is 5. The molecule has 6 heteroatoms. The zero-order valence-electron chi connectivity index (χ0n) is 19.9. The number of amides is 1. The molecule has 1 aromatic carbocycles. The van der Waals surface area contributed by atoms with Gasteiger partial charge >= 0.3 is 5.97 Å². The molecular weight excluding hydrogens is 406 g/mol. The summed E-state index contributed by atoms with van der Waals surface area (Å²) in [6.45, 7) is 9.10. The lowest BCUT2D eigenvalue weighted by atomic mass is 9.87. The number of likely N-dealkylation sites (N-methyl/N-ethyl adjacent to an activating group) is 1. The summed E-state index contributed by atoms with van der Waals surface area (Å²) >= 11 is 0. The molecular formula is C26H37NO5. The summed E-state index contributed by atoms with van der Waals surface area (Å²) in [5.74, 6) is -1.74. The SMILES string of the molecule is C/C1=C/[C@H](C)[C@@H](O)[C@@H](C)[C@H](C)OC(=O)[C@H](Cc2ccccc2)N(C)C(=O)/C=C/[C@@H](C)[C@@H]1O. The number of aliphatic hydroxyl groups excluding tert-OH is 2. The van der Waals surface area contributed by atoms with Crippen LogP contribution in [0.5, 0.6) is 0 Å². The summed E-state index contributed by atoms with van der Waals surface area (Å²) in [6, 6.07) is 8.66. The maximum Gasteiger partial charge on any atom is 0.329 e. The van der Waals surface area contributed by atoms with E-state index in [9.17, 15) is 19.8 Å². The third kappa shape index (κ3) is 6.53. The molecule has 0 aromatic heterocycles. The van der Waals surface area contributed by atoms with Crippen LogP contribution in [0, 0.1) is 17.8 Å². The maximum atomic E-state index is 13.2. The van der Waals surface area contributed by atoms with Crippen LogP contribution >= 0.6 is 0 Å². The van der Waals surface area contributed by atoms with Gasteiger partial charge in [0.1, 0.15) is 12.1 Å². The molecule has 0 saturated heterocycles. The second-order valence-electron chi connectivity index (χ2n) is 9.08. The highest BCUT2D eigenvalue weighted by Crippen LogP contribution is 2.24. The van der Waals surface area contributed by atoms with Crippen LogP contribution in [0.2, 0.25) is 0 Å². The molecule has 0 spiro atoms. The van der Waals surface area contributed by atoms with Crippen molar-refractivity contribution < 1.29 is 24.5 Å². The minimum absolute atomic E-state index is 0.244. The Morgan fingerprint density at radius 2 is 1.62 bits per heavy atom. The summed E-state index contributed by atoms with van der Waals surface area (Å²) in [7, 11) is 1.58. The standard InChI is InChI=1S/C26H37NO5/c1-16-12-13-23(28)27(6)22(15-21-10-8-7-9-11-21)26(31)32-20(5)19(4)25(30)18(3)14-17(2)24(16)29/h7-14,16,18-20,22,24-25,29-30H,15H2,1-6H3/b13-12+,17-14-/t16-,18+,19+,20+,22+,24+,25-/m1/s1. The van der Waals surface area contributed by atoms with Gasteiger partial charge in [0.05, 0.1) is 12.2 Å². The van der Waals surface area contributed by atoms with Gasteiger partial charge < -0.3 is 19.8 Å². The van der Waals surface area contributed by atoms with Crippen molar-refractivity contribution in [3.63, 3.8) is 0 Å². The average Bonchev–Trinajstić information content (AvgIpc) is 2.78. The van der Waals surface area contributed by atoms with Gasteiger partial charge in [-0.2, -0.15) is 0 Å². The molecule has 0 aliphatic carbocycles. The van der Waals surface area contributed by atoms with E-state index >= 15 is 0 Å². The van der Waals surface area contributed by atoms with Crippen LogP contribution in [0.25, 0.3) is 0 Å². The Labute approximate surface area is 191 Å². The molecule has 1 aliphatic heterocycles. The van der Waals surface area contributed by atoms with Crippen molar-refractivity contribution in [1.29, 1.82) is 0 Å². The molecule has 1 amide bonds. The van der Waals surface area contributed by atoms with Crippen molar-refractivity contribution in [2.24, 2.45) is 17.8 Å². The number of esters is 1. The summed E-state index contributed by atoms with van der Waals surface area (Å²) in [6.07, 6.45) is 3.11. The van der Waals surface area contributed by atoms with Crippen LogP contribution in [0.15, 0.2) is 54.1 Å². The van der Waals surface area contributed by atoms with Gasteiger partial charge in [0.25, 0.3) is 0 Å². The Morgan fingerprint density at radius 3 is 2.25 bits per heavy atom. The number of cyclic esters (lactones) is 1. The van der Waals surface area contributed by atoms with Crippen molar-refractivity contribution in [1.82, 2.24) is 4.90 Å². The van der Waals surface area contributed by atoms with E-state index in [1.807, 2.05) is 64.1 Å². The van der Waals surface area contributed by atoms with E-state index in [1.54, 1.807) is 20.0 Å². The largest absolute Gasteiger partial charge is 0.461 e. The van der Waals surface area contributed by atoms with E-state index in [1.165, 1.54) is 11.0 Å². The third-order valence-electron chi connectivity index (χ3n) is 6.51. The summed E-state index contributed by atoms with van der Waals surface area (Å²) in [5, 5.41) is 21.5. The molecule has 1 aliphatic rings. The molecule has 1 aromatic rings. The molecule has 0 unspecified atom stereocenters. The van der Waals surface area contributed by atoms with E-state index in [0.29, 0.717) is 6.42 Å². The van der Waals surface area contributed by atoms with Gasteiger partial charge in [-0.15, -0.1) is 0 Å². The van der Waals surface area contributed by atoms with Crippen molar-refractivity contribution in [2.75, 3.05) is 7.05 Å². The van der Waals surface area contributed by atoms with Crippen molar-refractivity contribution in [3.8, 4) is 0 Å². The first kappa shape index (κ1) is 25.8. The molecule has 0 fully saturated rings. The number of hydrogen-bond donors (Lipinski definition) is 2. The minimum Gasteiger partial charge on any atom is -0.461 e. The van der Waals surface area contributed by atoms with E-state index in [2.05, 4.69) is 0 Å². The van der Waals surface area contributed by atoms with E-state index in [4.69, 9.17) is 4.74 Å². The molecule has 6 nitrogen and oxygen atoms in total. The average molecular weight is 444 g/mol. The predicted molar refractivity (Wildman–Crippen MR) is 125 cm³/mol. The van der Waals surface area contributed by atoms with Crippen LogP contribution < -0.4 is 0 Å². The summed E-state index contributed by atoms with van der Waals surface area (Å²) in [5.41, 5.74) is 1.64. The zero-order chi connectivity index (χ0) is 24.0. The Balaban J connectivity index is 2.42. The van der Waals surface area contributed by atoms with Crippen molar-refractivity contribution >= 4 is 11.9 Å². The third-order valence-corrected chi connectivity index (χ3v) is 6.51. The van der Waals surface area contributed by atoms with Gasteiger partial charge in [-0.05, 0) is 31.1 Å². The Bertz CT molecular complexity index is 834. The highest BCUT2D eigenvalue weighted by molar-refractivity contribution is 5.91. The fourth-order valence-electron chi connectivity index (χ4n) is 3.98. The Hall–Kier alpha value is -2.44. The lowest BCUT2D eigenvalue weighted by molar-refractivity contribution is -0.161. The number of nitrogens with zero attached hydrogens (tertiary/aromatic N) is 1. The zero-order valence-corrected chi connectivity index (χ0v) is 19.9. The molecule has 32 heavy (non-hydrogen) atoms. The van der Waals surface area contributed by atoms with Gasteiger partial charge in [0.15, 0.2) is 0 Å². The highest BCUT2D eigenvalue weighted by atomic mass is 16.5. The minimum atomic E-state index is -0.816. The van der Waals surface area contributed by atoms with Crippen LogP contribution in [0.4, 0.5) is 0 Å². The monoisotopic (exact) mass is 443 g/mol. The van der Waals surface area contributed by atoms with Crippen LogP contribution in [0.1, 0.15) is 40.2 Å². The van der Waals surface area contributed by atoms with Gasteiger partial charge in [0, 0.05) is 31.2 Å². The number of carbonyl (C=O) groups is 2. The second-order valence-corrected chi connectivity index (χ2v) is 9.08. The van der Waals surface area contributed by atoms with E-state index in [-0.39, 0.29) is 23.7 Å². The Kier molecular flexibility index (Phi) is 9.22. The van der Waals surface area contributed by atoms with Crippen LogP contribution in [0.3, 0.4) is 0 Å². The second kappa shape index (κ2) is 11.4. The molecule has 2 N–H and O–H groups in total. The molecule has 7 atom stereocenters. The number of rotatable bonds is 2. The molecule has 2 rings (SSSR count). The van der Waals surface area contributed by atoms with Gasteiger partial charge in [-0.1, -0.05) is 63.3 Å². The van der Waals surface area contributed by atoms with Gasteiger partial charge in [-0.25, -0.2) is 4.79 Å². The normalized spacial score (nSPS) is 35.8. The van der Waals surface area contributed by atoms with E-state index < -0.39 is 30.3 Å². The van der Waals surface area contributed by atoms with Crippen molar-refractivity contribution in [2.45, 2.75) is 65.4 Å². The topological polar surface area (TPSA) is 87.1 Å². The van der Waals surface area contributed by atoms with Gasteiger partial charge in [-0.3, -0.25) is 4.79 Å². The van der Waals surface area contributed by atoms with Crippen LogP contribution in [-0.2, 0) is 20.7 Å². The predicted octanol–water partition coefficient (Wildman–Crippen LogP) is 3.13. The number of aliphatic hydroxyl groups is 2. The van der Waals surface area contributed by atoms with Gasteiger partial charge in [0.2, 0.25) is 5.91 Å². The number of carbonyl (C=O) groups excluding carboxylic acids is 2. The fourth-order valence-corrected chi connectivity index (χ4v) is 3.98. The lowest BCUT2D eigenvalue weighted by Crippen LogP contribution is -2.46. The van der Waals surface area contributed by atoms with E-state index in [0.717, 1.165) is 11.1 Å². The van der Waals surface area contributed by atoms with Crippen LogP contribution in [-0.4, -0.2) is 58.4 Å². The fraction of sp³-hybridized carbons (Fsp3) is 0.538. The maximum absolute atomic E-state index is 13.2. The lowest BCUT2D eigenvalue weighted by Gasteiger charge is -2.31. The number of ether oxygens (including phenoxy) is 1. The highest BCUT2D eigenvalue weighted by Gasteiger charge is 2.33.